The van der Waals surface area contributed by atoms with E-state index in [-0.39, 0.29) is 0 Å². The van der Waals surface area contributed by atoms with Crippen LogP contribution in [0.3, 0.4) is 0 Å². The summed E-state index contributed by atoms with van der Waals surface area (Å²) in [5.74, 6) is 1.35. The standard InChI is InChI=1S/C12H16N4/c1-9-3-2-4-10(7-9)15-12-14-6-5-11(8-13)16-12/h5-6,9-10H,2-4,7H2,1H3,(H,14,15,16). The van der Waals surface area contributed by atoms with E-state index in [1.165, 1.54) is 25.7 Å². The van der Waals surface area contributed by atoms with Crippen molar-refractivity contribution in [3.63, 3.8) is 0 Å². The van der Waals surface area contributed by atoms with Gasteiger partial charge in [0.1, 0.15) is 11.8 Å². The van der Waals surface area contributed by atoms with Crippen molar-refractivity contribution < 1.29 is 0 Å². The Hall–Kier alpha value is -1.63. The van der Waals surface area contributed by atoms with Crippen molar-refractivity contribution in [2.75, 3.05) is 5.32 Å². The van der Waals surface area contributed by atoms with Gasteiger partial charge in [0.05, 0.1) is 0 Å². The van der Waals surface area contributed by atoms with Crippen LogP contribution in [0.2, 0.25) is 0 Å². The molecule has 1 N–H and O–H groups in total. The maximum absolute atomic E-state index is 8.74. The molecule has 2 unspecified atom stereocenters. The Morgan fingerprint density at radius 1 is 1.50 bits per heavy atom. The lowest BCUT2D eigenvalue weighted by Crippen LogP contribution is -2.27. The van der Waals surface area contributed by atoms with Crippen molar-refractivity contribution in [1.82, 2.24) is 9.97 Å². The average molecular weight is 216 g/mol. The molecule has 0 aromatic carbocycles. The third-order valence-electron chi connectivity index (χ3n) is 3.04. The monoisotopic (exact) mass is 216 g/mol. The molecule has 0 spiro atoms. The predicted molar refractivity (Wildman–Crippen MR) is 61.8 cm³/mol. The van der Waals surface area contributed by atoms with Gasteiger partial charge in [0, 0.05) is 12.2 Å². The maximum Gasteiger partial charge on any atom is 0.224 e. The molecule has 2 rings (SSSR count). The van der Waals surface area contributed by atoms with Gasteiger partial charge in [-0.15, -0.1) is 0 Å². The molecule has 1 heterocycles. The minimum absolute atomic E-state index is 0.418. The first-order chi connectivity index (χ1) is 7.78. The number of hydrogen-bond acceptors (Lipinski definition) is 4. The Bertz CT molecular complexity index is 396. The molecular weight excluding hydrogens is 200 g/mol. The van der Waals surface area contributed by atoms with Gasteiger partial charge >= 0.3 is 0 Å². The van der Waals surface area contributed by atoms with Gasteiger partial charge in [-0.05, 0) is 24.8 Å². The third kappa shape index (κ3) is 2.69. The van der Waals surface area contributed by atoms with Crippen LogP contribution in [0, 0.1) is 17.2 Å². The lowest BCUT2D eigenvalue weighted by molar-refractivity contribution is 0.357. The van der Waals surface area contributed by atoms with Gasteiger partial charge in [-0.3, -0.25) is 0 Å². The molecule has 84 valence electrons. The van der Waals surface area contributed by atoms with Crippen molar-refractivity contribution in [2.24, 2.45) is 5.92 Å². The van der Waals surface area contributed by atoms with Crippen LogP contribution in [0.1, 0.15) is 38.3 Å². The van der Waals surface area contributed by atoms with Crippen LogP contribution in [0.5, 0.6) is 0 Å². The molecule has 1 saturated carbocycles. The van der Waals surface area contributed by atoms with E-state index in [2.05, 4.69) is 22.2 Å². The van der Waals surface area contributed by atoms with E-state index < -0.39 is 0 Å². The average Bonchev–Trinajstić information content (AvgIpc) is 2.29. The topological polar surface area (TPSA) is 61.6 Å². The summed E-state index contributed by atoms with van der Waals surface area (Å²) in [5.41, 5.74) is 0.418. The number of nitrogens with zero attached hydrogens (tertiary/aromatic N) is 3. The van der Waals surface area contributed by atoms with Gasteiger partial charge in [-0.2, -0.15) is 5.26 Å². The van der Waals surface area contributed by atoms with Crippen LogP contribution in [-0.2, 0) is 0 Å². The van der Waals surface area contributed by atoms with Gasteiger partial charge in [0.2, 0.25) is 5.95 Å². The first kappa shape index (κ1) is 10.9. The zero-order chi connectivity index (χ0) is 11.4. The van der Waals surface area contributed by atoms with E-state index in [1.54, 1.807) is 12.3 Å². The highest BCUT2D eigenvalue weighted by Crippen LogP contribution is 2.25. The second kappa shape index (κ2) is 4.93. The molecule has 1 fully saturated rings. The molecule has 0 amide bonds. The van der Waals surface area contributed by atoms with Gasteiger partial charge in [-0.1, -0.05) is 19.8 Å². The lowest BCUT2D eigenvalue weighted by atomic mass is 9.87. The van der Waals surface area contributed by atoms with Crippen LogP contribution < -0.4 is 5.32 Å². The Kier molecular flexibility index (Phi) is 3.35. The number of aromatic nitrogens is 2. The summed E-state index contributed by atoms with van der Waals surface area (Å²) in [5, 5.41) is 12.1. The summed E-state index contributed by atoms with van der Waals surface area (Å²) >= 11 is 0. The zero-order valence-electron chi connectivity index (χ0n) is 9.48. The van der Waals surface area contributed by atoms with E-state index in [0.29, 0.717) is 17.7 Å². The van der Waals surface area contributed by atoms with E-state index in [4.69, 9.17) is 5.26 Å². The Morgan fingerprint density at radius 3 is 3.12 bits per heavy atom. The molecule has 1 aliphatic rings. The van der Waals surface area contributed by atoms with E-state index in [1.807, 2.05) is 6.07 Å². The third-order valence-corrected chi connectivity index (χ3v) is 3.04. The number of rotatable bonds is 2. The molecule has 16 heavy (non-hydrogen) atoms. The van der Waals surface area contributed by atoms with Gasteiger partial charge < -0.3 is 5.32 Å². The second-order valence-corrected chi connectivity index (χ2v) is 4.49. The maximum atomic E-state index is 8.74. The molecule has 1 aromatic heterocycles. The minimum atomic E-state index is 0.418. The molecule has 2 atom stereocenters. The van der Waals surface area contributed by atoms with Crippen LogP contribution in [-0.4, -0.2) is 16.0 Å². The molecule has 0 aliphatic heterocycles. The fourth-order valence-electron chi connectivity index (χ4n) is 2.24. The van der Waals surface area contributed by atoms with Crippen molar-refractivity contribution in [2.45, 2.75) is 38.6 Å². The Morgan fingerprint density at radius 2 is 2.38 bits per heavy atom. The first-order valence-corrected chi connectivity index (χ1v) is 5.77. The Labute approximate surface area is 95.7 Å². The molecule has 4 heteroatoms. The van der Waals surface area contributed by atoms with Gasteiger partial charge in [0.25, 0.3) is 0 Å². The molecule has 0 bridgehead atoms. The molecule has 0 radical (unpaired) electrons. The summed E-state index contributed by atoms with van der Waals surface area (Å²) in [4.78, 5) is 8.26. The van der Waals surface area contributed by atoms with Crippen molar-refractivity contribution in [3.05, 3.63) is 18.0 Å². The van der Waals surface area contributed by atoms with Crippen LogP contribution in [0.25, 0.3) is 0 Å². The lowest BCUT2D eigenvalue weighted by Gasteiger charge is -2.27. The zero-order valence-corrected chi connectivity index (χ0v) is 9.48. The predicted octanol–water partition coefficient (Wildman–Crippen LogP) is 2.34. The van der Waals surface area contributed by atoms with Crippen LogP contribution >= 0.6 is 0 Å². The molecule has 1 aliphatic carbocycles. The van der Waals surface area contributed by atoms with Gasteiger partial charge in [0.15, 0.2) is 0 Å². The summed E-state index contributed by atoms with van der Waals surface area (Å²) in [6.45, 7) is 2.28. The van der Waals surface area contributed by atoms with Crippen molar-refractivity contribution in [3.8, 4) is 6.07 Å². The summed E-state index contributed by atoms with van der Waals surface area (Å²) in [6, 6.07) is 4.10. The summed E-state index contributed by atoms with van der Waals surface area (Å²) in [7, 11) is 0. The highest BCUT2D eigenvalue weighted by molar-refractivity contribution is 5.31. The fourth-order valence-corrected chi connectivity index (χ4v) is 2.24. The summed E-state index contributed by atoms with van der Waals surface area (Å²) in [6.07, 6.45) is 6.54. The van der Waals surface area contributed by atoms with E-state index in [9.17, 15) is 0 Å². The molecule has 1 aromatic rings. The quantitative estimate of drug-likeness (QED) is 0.824. The highest BCUT2D eigenvalue weighted by Gasteiger charge is 2.19. The summed E-state index contributed by atoms with van der Waals surface area (Å²) < 4.78 is 0. The van der Waals surface area contributed by atoms with E-state index in [0.717, 1.165) is 5.92 Å². The molecule has 0 saturated heterocycles. The number of nitriles is 1. The largest absolute Gasteiger partial charge is 0.351 e. The normalized spacial score (nSPS) is 24.8. The van der Waals surface area contributed by atoms with Crippen molar-refractivity contribution >= 4 is 5.95 Å². The van der Waals surface area contributed by atoms with Crippen LogP contribution in [0.15, 0.2) is 12.3 Å². The minimum Gasteiger partial charge on any atom is -0.351 e. The van der Waals surface area contributed by atoms with E-state index >= 15 is 0 Å². The molecular formula is C12H16N4. The highest BCUT2D eigenvalue weighted by atomic mass is 15.1. The smallest absolute Gasteiger partial charge is 0.224 e. The van der Waals surface area contributed by atoms with Crippen molar-refractivity contribution in [1.29, 1.82) is 5.26 Å². The van der Waals surface area contributed by atoms with Gasteiger partial charge in [-0.25, -0.2) is 9.97 Å². The SMILES string of the molecule is CC1CCCC(Nc2nccc(C#N)n2)C1. The number of anilines is 1. The Balaban J connectivity index is 2.00. The number of hydrogen-bond donors (Lipinski definition) is 1. The van der Waals surface area contributed by atoms with Crippen LogP contribution in [0.4, 0.5) is 5.95 Å². The number of nitrogens with one attached hydrogen (secondary N) is 1. The second-order valence-electron chi connectivity index (χ2n) is 4.49. The first-order valence-electron chi connectivity index (χ1n) is 5.77. The molecule has 4 nitrogen and oxygen atoms in total. The fraction of sp³-hybridized carbons (Fsp3) is 0.583.